The second-order valence-corrected chi connectivity index (χ2v) is 12.2. The summed E-state index contributed by atoms with van der Waals surface area (Å²) in [5.41, 5.74) is 0. The van der Waals surface area contributed by atoms with Crippen molar-refractivity contribution in [3.05, 3.63) is 0 Å². The molecule has 0 bridgehead atoms. The standard InChI is InChI=1S/C35H73N/c1-4-6-8-10-12-14-16-18-20-21-23-25-27-29-31-33-35-36(3)34-32-30-28-26-24-22-19-17-15-13-11-9-7-5-2/h4-35H2,1-3H3. The van der Waals surface area contributed by atoms with Crippen molar-refractivity contribution in [1.82, 2.24) is 4.90 Å². The van der Waals surface area contributed by atoms with Gasteiger partial charge in [0, 0.05) is 0 Å². The molecule has 0 aliphatic carbocycles. The van der Waals surface area contributed by atoms with Gasteiger partial charge in [0.1, 0.15) is 0 Å². The van der Waals surface area contributed by atoms with Gasteiger partial charge in [-0.3, -0.25) is 0 Å². The molecule has 0 saturated carbocycles. The van der Waals surface area contributed by atoms with Crippen LogP contribution in [0.2, 0.25) is 0 Å². The highest BCUT2D eigenvalue weighted by Gasteiger charge is 2.00. The lowest BCUT2D eigenvalue weighted by Gasteiger charge is -2.16. The fourth-order valence-electron chi connectivity index (χ4n) is 5.62. The van der Waals surface area contributed by atoms with Crippen LogP contribution in [0.1, 0.15) is 206 Å². The van der Waals surface area contributed by atoms with Crippen LogP contribution in [0.3, 0.4) is 0 Å². The summed E-state index contributed by atoms with van der Waals surface area (Å²) in [5, 5.41) is 0. The third-order valence-corrected chi connectivity index (χ3v) is 8.29. The van der Waals surface area contributed by atoms with E-state index in [4.69, 9.17) is 0 Å². The van der Waals surface area contributed by atoms with Crippen LogP contribution < -0.4 is 0 Å². The van der Waals surface area contributed by atoms with E-state index >= 15 is 0 Å². The van der Waals surface area contributed by atoms with Crippen LogP contribution in [0.25, 0.3) is 0 Å². The molecule has 0 radical (unpaired) electrons. The zero-order valence-electron chi connectivity index (χ0n) is 26.1. The predicted molar refractivity (Wildman–Crippen MR) is 167 cm³/mol. The maximum absolute atomic E-state index is 2.59. The Morgan fingerprint density at radius 1 is 0.250 bits per heavy atom. The molecule has 0 unspecified atom stereocenters. The van der Waals surface area contributed by atoms with E-state index in [1.807, 2.05) is 0 Å². The lowest BCUT2D eigenvalue weighted by Crippen LogP contribution is -2.20. The number of unbranched alkanes of at least 4 members (excludes halogenated alkanes) is 28. The Morgan fingerprint density at radius 3 is 0.611 bits per heavy atom. The van der Waals surface area contributed by atoms with Crippen LogP contribution in [0.4, 0.5) is 0 Å². The van der Waals surface area contributed by atoms with E-state index in [1.165, 1.54) is 206 Å². The minimum absolute atomic E-state index is 1.32. The van der Waals surface area contributed by atoms with Gasteiger partial charge in [-0.25, -0.2) is 0 Å². The summed E-state index contributed by atoms with van der Waals surface area (Å²) >= 11 is 0. The Morgan fingerprint density at radius 2 is 0.417 bits per heavy atom. The number of hydrogen-bond donors (Lipinski definition) is 0. The highest BCUT2D eigenvalue weighted by atomic mass is 15.1. The quantitative estimate of drug-likeness (QED) is 0.0818. The van der Waals surface area contributed by atoms with E-state index in [-0.39, 0.29) is 0 Å². The van der Waals surface area contributed by atoms with Gasteiger partial charge in [-0.05, 0) is 33.0 Å². The Hall–Kier alpha value is -0.0400. The molecule has 0 amide bonds. The van der Waals surface area contributed by atoms with Crippen molar-refractivity contribution in [3.63, 3.8) is 0 Å². The number of nitrogens with zero attached hydrogens (tertiary/aromatic N) is 1. The van der Waals surface area contributed by atoms with Gasteiger partial charge in [0.25, 0.3) is 0 Å². The lowest BCUT2D eigenvalue weighted by molar-refractivity contribution is 0.314. The maximum Gasteiger partial charge on any atom is -0.00218 e. The first-order valence-corrected chi connectivity index (χ1v) is 17.5. The van der Waals surface area contributed by atoms with Gasteiger partial charge in [0.05, 0.1) is 0 Å². The molecule has 0 saturated heterocycles. The van der Waals surface area contributed by atoms with Gasteiger partial charge < -0.3 is 4.90 Å². The monoisotopic (exact) mass is 508 g/mol. The van der Waals surface area contributed by atoms with Crippen LogP contribution in [0.15, 0.2) is 0 Å². The fourth-order valence-corrected chi connectivity index (χ4v) is 5.62. The minimum Gasteiger partial charge on any atom is -0.306 e. The zero-order chi connectivity index (χ0) is 26.2. The molecular formula is C35H73N. The molecule has 0 spiro atoms. The highest BCUT2D eigenvalue weighted by molar-refractivity contribution is 4.55. The van der Waals surface area contributed by atoms with E-state index in [9.17, 15) is 0 Å². The smallest absolute Gasteiger partial charge is 0.00218 e. The first-order chi connectivity index (χ1) is 17.8. The fraction of sp³-hybridized carbons (Fsp3) is 1.00. The molecule has 0 aromatic carbocycles. The van der Waals surface area contributed by atoms with Gasteiger partial charge in [-0.2, -0.15) is 0 Å². The average molecular weight is 508 g/mol. The largest absolute Gasteiger partial charge is 0.306 e. The third-order valence-electron chi connectivity index (χ3n) is 8.29. The molecule has 218 valence electrons. The Bertz CT molecular complexity index is 366. The molecule has 0 heterocycles. The first-order valence-electron chi connectivity index (χ1n) is 17.5. The van der Waals surface area contributed by atoms with Gasteiger partial charge in [0.2, 0.25) is 0 Å². The van der Waals surface area contributed by atoms with Crippen LogP contribution >= 0.6 is 0 Å². The second kappa shape index (κ2) is 33.0. The molecule has 36 heavy (non-hydrogen) atoms. The number of rotatable bonds is 32. The van der Waals surface area contributed by atoms with Gasteiger partial charge >= 0.3 is 0 Å². The molecule has 0 aliphatic heterocycles. The molecule has 1 nitrogen and oxygen atoms in total. The Kier molecular flexibility index (Phi) is 33.0. The Balaban J connectivity index is 3.13. The van der Waals surface area contributed by atoms with Crippen LogP contribution in [0.5, 0.6) is 0 Å². The van der Waals surface area contributed by atoms with Crippen LogP contribution in [-0.4, -0.2) is 25.0 Å². The molecule has 0 rings (SSSR count). The molecule has 0 fully saturated rings. The maximum atomic E-state index is 2.59. The van der Waals surface area contributed by atoms with E-state index in [2.05, 4.69) is 25.8 Å². The normalized spacial score (nSPS) is 11.7. The van der Waals surface area contributed by atoms with Crippen molar-refractivity contribution < 1.29 is 0 Å². The summed E-state index contributed by atoms with van der Waals surface area (Å²) in [7, 11) is 2.34. The Labute approximate surface area is 231 Å². The van der Waals surface area contributed by atoms with E-state index in [0.29, 0.717) is 0 Å². The first kappa shape index (κ1) is 36.0. The molecule has 0 N–H and O–H groups in total. The van der Waals surface area contributed by atoms with Gasteiger partial charge in [-0.1, -0.05) is 194 Å². The van der Waals surface area contributed by atoms with Crippen molar-refractivity contribution >= 4 is 0 Å². The molecule has 0 aliphatic rings. The average Bonchev–Trinajstić information content (AvgIpc) is 2.88. The van der Waals surface area contributed by atoms with Crippen molar-refractivity contribution in [2.75, 3.05) is 20.1 Å². The SMILES string of the molecule is CCCCCCCCCCCCCCCCCCN(C)CCCCCCCCCCCCCCCC. The van der Waals surface area contributed by atoms with E-state index in [1.54, 1.807) is 0 Å². The molecule has 1 heteroatoms. The third kappa shape index (κ3) is 32.0. The van der Waals surface area contributed by atoms with Gasteiger partial charge in [-0.15, -0.1) is 0 Å². The lowest BCUT2D eigenvalue weighted by atomic mass is 10.0. The van der Waals surface area contributed by atoms with Crippen molar-refractivity contribution in [1.29, 1.82) is 0 Å². The predicted octanol–water partition coefficient (Wildman–Crippen LogP) is 12.7. The minimum atomic E-state index is 1.32. The molecular weight excluding hydrogens is 434 g/mol. The summed E-state index contributed by atoms with van der Waals surface area (Å²) in [4.78, 5) is 2.59. The topological polar surface area (TPSA) is 3.24 Å². The zero-order valence-corrected chi connectivity index (χ0v) is 26.1. The van der Waals surface area contributed by atoms with Crippen LogP contribution in [-0.2, 0) is 0 Å². The summed E-state index contributed by atoms with van der Waals surface area (Å²) in [6.45, 7) is 7.25. The second-order valence-electron chi connectivity index (χ2n) is 12.2. The van der Waals surface area contributed by atoms with Gasteiger partial charge in [0.15, 0.2) is 0 Å². The van der Waals surface area contributed by atoms with Crippen molar-refractivity contribution in [2.24, 2.45) is 0 Å². The summed E-state index contributed by atoms with van der Waals surface area (Å²) in [5.74, 6) is 0. The summed E-state index contributed by atoms with van der Waals surface area (Å²) in [6.07, 6.45) is 43.8. The molecule has 0 aromatic rings. The summed E-state index contributed by atoms with van der Waals surface area (Å²) < 4.78 is 0. The highest BCUT2D eigenvalue weighted by Crippen LogP contribution is 2.15. The molecule has 0 atom stereocenters. The van der Waals surface area contributed by atoms with E-state index < -0.39 is 0 Å². The van der Waals surface area contributed by atoms with Crippen molar-refractivity contribution in [3.8, 4) is 0 Å². The molecule has 0 aromatic heterocycles. The van der Waals surface area contributed by atoms with Crippen LogP contribution in [0, 0.1) is 0 Å². The summed E-state index contributed by atoms with van der Waals surface area (Å²) in [6, 6.07) is 0. The number of hydrogen-bond acceptors (Lipinski definition) is 1. The van der Waals surface area contributed by atoms with Crippen molar-refractivity contribution in [2.45, 2.75) is 206 Å². The van der Waals surface area contributed by atoms with E-state index in [0.717, 1.165) is 0 Å².